The maximum absolute atomic E-state index is 12.3. The number of rotatable bonds is 4. The second kappa shape index (κ2) is 7.68. The molecule has 1 unspecified atom stereocenters. The van der Waals surface area contributed by atoms with Crippen molar-refractivity contribution in [3.63, 3.8) is 0 Å². The molecule has 1 amide bonds. The molecule has 0 heterocycles. The van der Waals surface area contributed by atoms with Crippen LogP contribution in [0.1, 0.15) is 28.4 Å². The van der Waals surface area contributed by atoms with Crippen LogP contribution in [0.25, 0.3) is 0 Å². The zero-order valence-electron chi connectivity index (χ0n) is 12.7. The average molecular weight is 273 g/mol. The molecule has 1 aromatic rings. The molecule has 0 aromatic heterocycles. The normalized spacial score (nSPS) is 11.7. The number of carbonyl (C=O) groups excluding carboxylic acids is 1. The number of nitrogens with one attached hydrogen (secondary N) is 1. The van der Waals surface area contributed by atoms with Gasteiger partial charge in [-0.05, 0) is 45.6 Å². The summed E-state index contributed by atoms with van der Waals surface area (Å²) >= 11 is 0. The first kappa shape index (κ1) is 16.2. The SMILES string of the molecule is Cc1ccc(C(=O)NC(C)CN(C)C)c(C#CCN)c1. The first-order valence-electron chi connectivity index (χ1n) is 6.69. The zero-order valence-corrected chi connectivity index (χ0v) is 12.7. The highest BCUT2D eigenvalue weighted by Crippen LogP contribution is 2.11. The summed E-state index contributed by atoms with van der Waals surface area (Å²) in [5.41, 5.74) is 7.80. The van der Waals surface area contributed by atoms with Gasteiger partial charge in [0.1, 0.15) is 0 Å². The van der Waals surface area contributed by atoms with Gasteiger partial charge in [0.05, 0.1) is 12.1 Å². The molecule has 0 saturated carbocycles. The van der Waals surface area contributed by atoms with Crippen LogP contribution in [-0.2, 0) is 0 Å². The van der Waals surface area contributed by atoms with E-state index in [1.165, 1.54) is 0 Å². The predicted octanol–water partition coefficient (Wildman–Crippen LogP) is 0.985. The van der Waals surface area contributed by atoms with E-state index in [2.05, 4.69) is 17.2 Å². The molecule has 0 saturated heterocycles. The van der Waals surface area contributed by atoms with Gasteiger partial charge >= 0.3 is 0 Å². The lowest BCUT2D eigenvalue weighted by molar-refractivity contribution is 0.0934. The van der Waals surface area contributed by atoms with E-state index in [0.717, 1.165) is 17.7 Å². The summed E-state index contributed by atoms with van der Waals surface area (Å²) in [4.78, 5) is 14.3. The van der Waals surface area contributed by atoms with Gasteiger partial charge in [0.2, 0.25) is 0 Å². The second-order valence-corrected chi connectivity index (χ2v) is 5.19. The minimum Gasteiger partial charge on any atom is -0.348 e. The van der Waals surface area contributed by atoms with Crippen LogP contribution in [0.4, 0.5) is 0 Å². The first-order chi connectivity index (χ1) is 9.43. The van der Waals surface area contributed by atoms with E-state index in [9.17, 15) is 4.79 Å². The molecule has 0 aliphatic heterocycles. The van der Waals surface area contributed by atoms with Crippen molar-refractivity contribution in [1.29, 1.82) is 0 Å². The molecule has 0 fully saturated rings. The number of aryl methyl sites for hydroxylation is 1. The van der Waals surface area contributed by atoms with E-state index in [1.807, 2.05) is 51.0 Å². The minimum absolute atomic E-state index is 0.0779. The molecule has 4 heteroatoms. The van der Waals surface area contributed by atoms with Crippen molar-refractivity contribution in [3.05, 3.63) is 34.9 Å². The van der Waals surface area contributed by atoms with Crippen LogP contribution in [-0.4, -0.2) is 44.0 Å². The van der Waals surface area contributed by atoms with E-state index in [4.69, 9.17) is 5.73 Å². The average Bonchev–Trinajstić information content (AvgIpc) is 2.35. The van der Waals surface area contributed by atoms with Crippen LogP contribution in [0.5, 0.6) is 0 Å². The van der Waals surface area contributed by atoms with E-state index in [0.29, 0.717) is 5.56 Å². The molecule has 3 N–H and O–H groups in total. The van der Waals surface area contributed by atoms with Crippen LogP contribution >= 0.6 is 0 Å². The molecule has 0 spiro atoms. The maximum Gasteiger partial charge on any atom is 0.252 e. The van der Waals surface area contributed by atoms with Crippen molar-refractivity contribution in [2.24, 2.45) is 5.73 Å². The molecule has 108 valence electrons. The third-order valence-corrected chi connectivity index (χ3v) is 2.76. The molecule has 0 radical (unpaired) electrons. The third-order valence-electron chi connectivity index (χ3n) is 2.76. The summed E-state index contributed by atoms with van der Waals surface area (Å²) in [6.45, 7) is 5.04. The highest BCUT2D eigenvalue weighted by atomic mass is 16.1. The fourth-order valence-electron chi connectivity index (χ4n) is 2.00. The summed E-state index contributed by atoms with van der Waals surface area (Å²) in [5, 5.41) is 2.98. The number of carbonyl (C=O) groups is 1. The van der Waals surface area contributed by atoms with Gasteiger partial charge in [0.25, 0.3) is 5.91 Å². The topological polar surface area (TPSA) is 58.4 Å². The Kier molecular flexibility index (Phi) is 6.23. The lowest BCUT2D eigenvalue weighted by Crippen LogP contribution is -2.39. The van der Waals surface area contributed by atoms with E-state index in [-0.39, 0.29) is 18.5 Å². The molecule has 20 heavy (non-hydrogen) atoms. The van der Waals surface area contributed by atoms with E-state index < -0.39 is 0 Å². The zero-order chi connectivity index (χ0) is 15.1. The summed E-state index contributed by atoms with van der Waals surface area (Å²) in [7, 11) is 3.96. The van der Waals surface area contributed by atoms with Gasteiger partial charge in [0.15, 0.2) is 0 Å². The van der Waals surface area contributed by atoms with Crippen molar-refractivity contribution < 1.29 is 4.79 Å². The Morgan fingerprint density at radius 3 is 2.75 bits per heavy atom. The standard InChI is InChI=1S/C16H23N3O/c1-12-7-8-15(14(10-12)6-5-9-17)16(20)18-13(2)11-19(3)4/h7-8,10,13H,9,11,17H2,1-4H3,(H,18,20). The van der Waals surface area contributed by atoms with Gasteiger partial charge in [-0.1, -0.05) is 17.9 Å². The number of hydrogen-bond acceptors (Lipinski definition) is 3. The Hall–Kier alpha value is -1.83. The predicted molar refractivity (Wildman–Crippen MR) is 82.6 cm³/mol. The van der Waals surface area contributed by atoms with Crippen LogP contribution in [0, 0.1) is 18.8 Å². The van der Waals surface area contributed by atoms with Crippen molar-refractivity contribution in [3.8, 4) is 11.8 Å². The summed E-state index contributed by atoms with van der Waals surface area (Å²) in [6, 6.07) is 5.72. The number of hydrogen-bond donors (Lipinski definition) is 2. The Bertz CT molecular complexity index is 526. The largest absolute Gasteiger partial charge is 0.348 e. The Morgan fingerprint density at radius 2 is 2.15 bits per heavy atom. The maximum atomic E-state index is 12.3. The van der Waals surface area contributed by atoms with Gasteiger partial charge in [0, 0.05) is 18.2 Å². The molecule has 1 atom stereocenters. The monoisotopic (exact) mass is 273 g/mol. The molecule has 0 aliphatic carbocycles. The number of amides is 1. The molecule has 0 bridgehead atoms. The number of likely N-dealkylation sites (N-methyl/N-ethyl adjacent to an activating group) is 1. The van der Waals surface area contributed by atoms with Crippen molar-refractivity contribution in [2.45, 2.75) is 19.9 Å². The summed E-state index contributed by atoms with van der Waals surface area (Å²) in [6.07, 6.45) is 0. The highest BCUT2D eigenvalue weighted by Gasteiger charge is 2.13. The quantitative estimate of drug-likeness (QED) is 0.804. The second-order valence-electron chi connectivity index (χ2n) is 5.19. The Labute approximate surface area is 121 Å². The van der Waals surface area contributed by atoms with E-state index in [1.54, 1.807) is 0 Å². The van der Waals surface area contributed by atoms with Crippen LogP contribution in [0.2, 0.25) is 0 Å². The van der Waals surface area contributed by atoms with Crippen LogP contribution < -0.4 is 11.1 Å². The van der Waals surface area contributed by atoms with Gasteiger partial charge in [-0.25, -0.2) is 0 Å². The smallest absolute Gasteiger partial charge is 0.252 e. The fraction of sp³-hybridized carbons (Fsp3) is 0.438. The van der Waals surface area contributed by atoms with Crippen molar-refractivity contribution in [1.82, 2.24) is 10.2 Å². The number of nitrogens with two attached hydrogens (primary N) is 1. The molecular formula is C16H23N3O. The molecular weight excluding hydrogens is 250 g/mol. The highest BCUT2D eigenvalue weighted by molar-refractivity contribution is 5.97. The summed E-state index contributed by atoms with van der Waals surface area (Å²) < 4.78 is 0. The van der Waals surface area contributed by atoms with Gasteiger partial charge in [-0.2, -0.15) is 0 Å². The third kappa shape index (κ3) is 5.04. The lowest BCUT2D eigenvalue weighted by Gasteiger charge is -2.18. The number of benzene rings is 1. The minimum atomic E-state index is -0.0966. The van der Waals surface area contributed by atoms with Crippen LogP contribution in [0.15, 0.2) is 18.2 Å². The summed E-state index contributed by atoms with van der Waals surface area (Å²) in [5.74, 6) is 5.67. The van der Waals surface area contributed by atoms with Gasteiger partial charge < -0.3 is 16.0 Å². The van der Waals surface area contributed by atoms with Crippen molar-refractivity contribution >= 4 is 5.91 Å². The molecule has 1 aromatic carbocycles. The molecule has 0 aliphatic rings. The Balaban J connectivity index is 2.92. The Morgan fingerprint density at radius 1 is 1.45 bits per heavy atom. The molecule has 1 rings (SSSR count). The fourth-order valence-corrected chi connectivity index (χ4v) is 2.00. The van der Waals surface area contributed by atoms with Gasteiger partial charge in [-0.15, -0.1) is 0 Å². The first-order valence-corrected chi connectivity index (χ1v) is 6.69. The van der Waals surface area contributed by atoms with Gasteiger partial charge in [-0.3, -0.25) is 4.79 Å². The molecule has 4 nitrogen and oxygen atoms in total. The van der Waals surface area contributed by atoms with E-state index >= 15 is 0 Å². The van der Waals surface area contributed by atoms with Crippen LogP contribution in [0.3, 0.4) is 0 Å². The lowest BCUT2D eigenvalue weighted by atomic mass is 10.0. The van der Waals surface area contributed by atoms with Crippen molar-refractivity contribution in [2.75, 3.05) is 27.2 Å². The number of nitrogens with zero attached hydrogens (tertiary/aromatic N) is 1.